The van der Waals surface area contributed by atoms with Gasteiger partial charge in [-0.3, -0.25) is 4.90 Å². The topological polar surface area (TPSA) is 36.5 Å². The van der Waals surface area contributed by atoms with Crippen molar-refractivity contribution in [1.82, 2.24) is 15.5 Å². The third kappa shape index (κ3) is 6.59. The van der Waals surface area contributed by atoms with E-state index in [1.54, 1.807) is 0 Å². The fourth-order valence-electron chi connectivity index (χ4n) is 2.91. The molecular weight excluding hydrogens is 318 g/mol. The van der Waals surface area contributed by atoms with E-state index in [9.17, 15) is 0 Å². The molecule has 1 aromatic rings. The van der Waals surface area contributed by atoms with Gasteiger partial charge in [-0.15, -0.1) is 0 Å². The maximum absolute atomic E-state index is 5.79. The molecule has 2 rings (SSSR count). The van der Waals surface area contributed by atoms with Gasteiger partial charge in [-0.1, -0.05) is 36.4 Å². The summed E-state index contributed by atoms with van der Waals surface area (Å²) in [6, 6.07) is 8.73. The summed E-state index contributed by atoms with van der Waals surface area (Å²) in [5.74, 6) is 0. The van der Waals surface area contributed by atoms with E-state index in [0.717, 1.165) is 31.8 Å². The fourth-order valence-corrected chi connectivity index (χ4v) is 3.05. The number of thiocarbonyl (C=S) groups is 1. The number of morpholine rings is 1. The van der Waals surface area contributed by atoms with Crippen LogP contribution in [-0.2, 0) is 17.8 Å². The van der Waals surface area contributed by atoms with E-state index >= 15 is 0 Å². The van der Waals surface area contributed by atoms with Crippen LogP contribution in [0.3, 0.4) is 0 Å². The molecule has 0 aliphatic carbocycles. The zero-order valence-corrected chi connectivity index (χ0v) is 15.8. The van der Waals surface area contributed by atoms with E-state index in [1.807, 2.05) is 6.92 Å². The minimum absolute atomic E-state index is 0.310. The summed E-state index contributed by atoms with van der Waals surface area (Å²) in [5, 5.41) is 7.01. The Labute approximate surface area is 151 Å². The number of hydrogen-bond acceptors (Lipinski definition) is 3. The monoisotopic (exact) mass is 347 g/mol. The van der Waals surface area contributed by atoms with Crippen molar-refractivity contribution in [3.8, 4) is 0 Å². The number of rotatable bonds is 6. The predicted octanol–water partition coefficient (Wildman–Crippen LogP) is 2.84. The molecule has 24 heavy (non-hydrogen) atoms. The average molecular weight is 348 g/mol. The van der Waals surface area contributed by atoms with Crippen LogP contribution in [0.25, 0.3) is 0 Å². The van der Waals surface area contributed by atoms with Crippen LogP contribution >= 0.6 is 12.2 Å². The van der Waals surface area contributed by atoms with Gasteiger partial charge in [0.25, 0.3) is 0 Å². The number of benzene rings is 1. The molecule has 0 saturated carbocycles. The largest absolute Gasteiger partial charge is 0.373 e. The summed E-state index contributed by atoms with van der Waals surface area (Å²) in [4.78, 5) is 2.46. The molecule has 132 valence electrons. The Bertz CT molecular complexity index is 548. The van der Waals surface area contributed by atoms with Crippen LogP contribution in [0.1, 0.15) is 31.9 Å². The van der Waals surface area contributed by atoms with Crippen molar-refractivity contribution >= 4 is 17.3 Å². The van der Waals surface area contributed by atoms with Crippen molar-refractivity contribution in [3.63, 3.8) is 0 Å². The van der Waals surface area contributed by atoms with Gasteiger partial charge in [-0.2, -0.15) is 0 Å². The summed E-state index contributed by atoms with van der Waals surface area (Å²) in [6.45, 7) is 14.5. The van der Waals surface area contributed by atoms with Gasteiger partial charge in [-0.25, -0.2) is 0 Å². The van der Waals surface area contributed by atoms with E-state index in [-0.39, 0.29) is 0 Å². The van der Waals surface area contributed by atoms with Gasteiger partial charge in [0.2, 0.25) is 0 Å². The highest BCUT2D eigenvalue weighted by atomic mass is 32.1. The van der Waals surface area contributed by atoms with Crippen LogP contribution in [0.2, 0.25) is 0 Å². The molecule has 0 unspecified atom stereocenters. The van der Waals surface area contributed by atoms with E-state index in [1.165, 1.54) is 11.1 Å². The lowest BCUT2D eigenvalue weighted by Gasteiger charge is -2.35. The maximum Gasteiger partial charge on any atom is 0.166 e. The summed E-state index contributed by atoms with van der Waals surface area (Å²) >= 11 is 5.25. The second kappa shape index (κ2) is 9.16. The van der Waals surface area contributed by atoms with Crippen molar-refractivity contribution in [3.05, 3.63) is 47.5 Å². The van der Waals surface area contributed by atoms with E-state index in [2.05, 4.69) is 60.2 Å². The molecule has 0 bridgehead atoms. The minimum Gasteiger partial charge on any atom is -0.373 e. The summed E-state index contributed by atoms with van der Waals surface area (Å²) < 4.78 is 5.79. The molecular formula is C19H29N3OS. The molecule has 1 aromatic carbocycles. The van der Waals surface area contributed by atoms with Crippen LogP contribution in [0.5, 0.6) is 0 Å². The van der Waals surface area contributed by atoms with Crippen molar-refractivity contribution in [2.75, 3.05) is 19.6 Å². The first kappa shape index (κ1) is 18.9. The molecule has 4 nitrogen and oxygen atoms in total. The van der Waals surface area contributed by atoms with Crippen molar-refractivity contribution < 1.29 is 4.74 Å². The molecule has 1 saturated heterocycles. The first-order valence-corrected chi connectivity index (χ1v) is 8.95. The molecule has 0 spiro atoms. The molecule has 0 amide bonds. The Morgan fingerprint density at radius 1 is 1.17 bits per heavy atom. The molecule has 2 atom stereocenters. The van der Waals surface area contributed by atoms with Crippen LogP contribution in [0, 0.1) is 0 Å². The highest BCUT2D eigenvalue weighted by Gasteiger charge is 2.21. The van der Waals surface area contributed by atoms with Gasteiger partial charge in [0.15, 0.2) is 5.11 Å². The Hall–Kier alpha value is -1.43. The Balaban J connectivity index is 1.78. The summed E-state index contributed by atoms with van der Waals surface area (Å²) in [6.07, 6.45) is 0.620. The van der Waals surface area contributed by atoms with Crippen LogP contribution in [-0.4, -0.2) is 41.9 Å². The van der Waals surface area contributed by atoms with Crippen molar-refractivity contribution in [2.45, 2.75) is 46.1 Å². The second-order valence-electron chi connectivity index (χ2n) is 6.76. The summed E-state index contributed by atoms with van der Waals surface area (Å²) in [5.41, 5.74) is 3.63. The maximum atomic E-state index is 5.79. The van der Waals surface area contributed by atoms with Gasteiger partial charge in [0, 0.05) is 32.7 Å². The van der Waals surface area contributed by atoms with Crippen molar-refractivity contribution in [2.24, 2.45) is 0 Å². The normalized spacial score (nSPS) is 21.3. The smallest absolute Gasteiger partial charge is 0.166 e. The standard InChI is InChI=1S/C19H29N3OS/c1-14(2)9-20-19(24)21-10-17-5-7-18(8-6-17)13-22-11-15(3)23-16(4)12-22/h5-8,15-16H,1,9-13H2,2-4H3,(H2,20,21,24)/t15-,16-/m0/s1. The molecule has 1 aliphatic rings. The minimum atomic E-state index is 0.310. The van der Waals surface area contributed by atoms with Crippen LogP contribution in [0.4, 0.5) is 0 Å². The third-order valence-electron chi connectivity index (χ3n) is 3.93. The van der Waals surface area contributed by atoms with Gasteiger partial charge >= 0.3 is 0 Å². The third-order valence-corrected chi connectivity index (χ3v) is 4.22. The molecule has 0 aromatic heterocycles. The number of nitrogens with zero attached hydrogens (tertiary/aromatic N) is 1. The molecule has 1 heterocycles. The average Bonchev–Trinajstić information content (AvgIpc) is 2.51. The van der Waals surface area contributed by atoms with Crippen molar-refractivity contribution in [1.29, 1.82) is 0 Å². The Morgan fingerprint density at radius 2 is 1.75 bits per heavy atom. The predicted molar refractivity (Wildman–Crippen MR) is 104 cm³/mol. The highest BCUT2D eigenvalue weighted by Crippen LogP contribution is 2.14. The van der Waals surface area contributed by atoms with Crippen LogP contribution < -0.4 is 10.6 Å². The lowest BCUT2D eigenvalue weighted by Crippen LogP contribution is -2.44. The molecule has 1 fully saturated rings. The fraction of sp³-hybridized carbons (Fsp3) is 0.526. The SMILES string of the molecule is C=C(C)CNC(=S)NCc1ccc(CN2C[C@H](C)O[C@@H](C)C2)cc1. The lowest BCUT2D eigenvalue weighted by atomic mass is 10.1. The highest BCUT2D eigenvalue weighted by molar-refractivity contribution is 7.80. The Kier molecular flexibility index (Phi) is 7.21. The van der Waals surface area contributed by atoms with Gasteiger partial charge < -0.3 is 15.4 Å². The van der Waals surface area contributed by atoms with E-state index in [0.29, 0.717) is 23.9 Å². The van der Waals surface area contributed by atoms with Gasteiger partial charge in [-0.05, 0) is 44.1 Å². The Morgan fingerprint density at radius 3 is 2.33 bits per heavy atom. The van der Waals surface area contributed by atoms with E-state index < -0.39 is 0 Å². The second-order valence-corrected chi connectivity index (χ2v) is 7.17. The van der Waals surface area contributed by atoms with E-state index in [4.69, 9.17) is 17.0 Å². The first-order chi connectivity index (χ1) is 11.4. The number of hydrogen-bond donors (Lipinski definition) is 2. The van der Waals surface area contributed by atoms with Gasteiger partial charge in [0.05, 0.1) is 12.2 Å². The number of nitrogens with one attached hydrogen (secondary N) is 2. The first-order valence-electron chi connectivity index (χ1n) is 8.54. The summed E-state index contributed by atoms with van der Waals surface area (Å²) in [7, 11) is 0. The van der Waals surface area contributed by atoms with Crippen LogP contribution in [0.15, 0.2) is 36.4 Å². The molecule has 1 aliphatic heterocycles. The molecule has 5 heteroatoms. The van der Waals surface area contributed by atoms with Gasteiger partial charge in [0.1, 0.15) is 0 Å². The lowest BCUT2D eigenvalue weighted by molar-refractivity contribution is -0.0704. The molecule has 0 radical (unpaired) electrons. The zero-order valence-electron chi connectivity index (χ0n) is 15.0. The number of ether oxygens (including phenoxy) is 1. The quantitative estimate of drug-likeness (QED) is 0.611. The molecule has 2 N–H and O–H groups in total. The zero-order chi connectivity index (χ0) is 17.5.